The number of nitrogens with two attached hydrogens (primary N) is 1. The molecule has 0 spiro atoms. The number of fused-ring (bicyclic) bond motifs is 1. The fraction of sp³-hybridized carbons (Fsp3) is 0.312. The average Bonchev–Trinajstić information content (AvgIpc) is 3.43. The summed E-state index contributed by atoms with van der Waals surface area (Å²) in [6, 6.07) is -0.975. The van der Waals surface area contributed by atoms with E-state index in [-0.39, 0.29) is 21.1 Å². The van der Waals surface area contributed by atoms with Crippen molar-refractivity contribution in [2.45, 2.75) is 28.1 Å². The number of nitrogen functional groups attached to an aromatic ring is 1. The van der Waals surface area contributed by atoms with Crippen LogP contribution in [0.15, 0.2) is 32.6 Å². The Balaban J connectivity index is 1.47. The van der Waals surface area contributed by atoms with E-state index in [1.165, 1.54) is 51.9 Å². The van der Waals surface area contributed by atoms with Crippen molar-refractivity contribution in [3.05, 3.63) is 28.0 Å². The number of aliphatic carboxylic acids is 1. The third-order valence-corrected chi connectivity index (χ3v) is 8.90. The summed E-state index contributed by atoms with van der Waals surface area (Å²) in [7, 11) is 0. The highest BCUT2D eigenvalue weighted by Gasteiger charge is 2.54. The molecule has 13 nitrogen and oxygen atoms in total. The standard InChI is InChI=1S/C16H16N8O5S4/c1-5(33-16-18-4-19-22-16)32-7-3-30-13-9(12(26)24(13)10(7)14(27)28)21-11(25)8(23-29)6-2-31-15(17)20-6/h2,4-5,9,13,29H,3H2,1H3,(H2,17,20)(H,21,25)(H,27,28)(H,18,19,22)/b23-8-/t5?,9-,13+/m1/s1. The van der Waals surface area contributed by atoms with Gasteiger partial charge in [0.1, 0.15) is 29.1 Å². The highest BCUT2D eigenvalue weighted by atomic mass is 32.2. The van der Waals surface area contributed by atoms with Gasteiger partial charge in [0, 0.05) is 16.0 Å². The van der Waals surface area contributed by atoms with Crippen LogP contribution < -0.4 is 11.1 Å². The van der Waals surface area contributed by atoms with Gasteiger partial charge in [-0.15, -0.1) is 34.9 Å². The number of aromatic nitrogens is 4. The number of rotatable bonds is 8. The van der Waals surface area contributed by atoms with Crippen molar-refractivity contribution < 1.29 is 24.7 Å². The molecule has 2 amide bonds. The minimum absolute atomic E-state index is 0.0699. The molecule has 1 saturated heterocycles. The summed E-state index contributed by atoms with van der Waals surface area (Å²) in [5.74, 6) is -2.27. The summed E-state index contributed by atoms with van der Waals surface area (Å²) in [5, 5.41) is 32.6. The lowest BCUT2D eigenvalue weighted by Gasteiger charge is -2.49. The Morgan fingerprint density at radius 1 is 1.45 bits per heavy atom. The van der Waals surface area contributed by atoms with E-state index in [0.717, 1.165) is 11.3 Å². The summed E-state index contributed by atoms with van der Waals surface area (Å²) in [6.45, 7) is 1.89. The van der Waals surface area contributed by atoms with Crippen LogP contribution in [0.4, 0.5) is 5.13 Å². The first-order chi connectivity index (χ1) is 15.8. The number of carbonyl (C=O) groups is 3. The van der Waals surface area contributed by atoms with E-state index in [1.54, 1.807) is 0 Å². The number of nitrogens with one attached hydrogen (secondary N) is 2. The molecule has 1 unspecified atom stereocenters. The Kier molecular flexibility index (Phi) is 6.82. The lowest BCUT2D eigenvalue weighted by atomic mass is 10.0. The molecule has 17 heteroatoms. The van der Waals surface area contributed by atoms with Crippen LogP contribution in [0.5, 0.6) is 0 Å². The van der Waals surface area contributed by atoms with Gasteiger partial charge in [0.05, 0.1) is 4.58 Å². The van der Waals surface area contributed by atoms with Crippen LogP contribution in [0.2, 0.25) is 0 Å². The third kappa shape index (κ3) is 4.66. The van der Waals surface area contributed by atoms with Crippen LogP contribution in [0.3, 0.4) is 0 Å². The van der Waals surface area contributed by atoms with Gasteiger partial charge in [-0.25, -0.2) is 14.8 Å². The Bertz CT molecular complexity index is 1150. The van der Waals surface area contributed by atoms with Crippen LogP contribution in [0, 0.1) is 0 Å². The van der Waals surface area contributed by atoms with Gasteiger partial charge < -0.3 is 21.4 Å². The SMILES string of the molecule is CC(SC1=C(C(=O)O)N2C(=O)[C@@H](NC(=O)/C(=N\O)c3csc(N)n3)[C@@H]2SC1)Sc1ncn[nH]1. The molecule has 3 atom stereocenters. The molecule has 2 aromatic rings. The minimum atomic E-state index is -1.23. The molecule has 2 aromatic heterocycles. The number of carbonyl (C=O) groups excluding carboxylic acids is 2. The van der Waals surface area contributed by atoms with Gasteiger partial charge in [-0.3, -0.25) is 19.6 Å². The van der Waals surface area contributed by atoms with Gasteiger partial charge in [0.25, 0.3) is 11.8 Å². The molecule has 0 saturated carbocycles. The van der Waals surface area contributed by atoms with E-state index in [4.69, 9.17) is 5.73 Å². The van der Waals surface area contributed by atoms with Crippen LogP contribution in [-0.2, 0) is 14.4 Å². The third-order valence-electron chi connectivity index (χ3n) is 4.48. The second kappa shape index (κ2) is 9.62. The number of thioether (sulfide) groups is 3. The monoisotopic (exact) mass is 528 g/mol. The summed E-state index contributed by atoms with van der Waals surface area (Å²) in [4.78, 5) is 47.0. The zero-order valence-corrected chi connectivity index (χ0v) is 19.9. The van der Waals surface area contributed by atoms with Crippen molar-refractivity contribution in [3.63, 3.8) is 0 Å². The largest absolute Gasteiger partial charge is 0.477 e. The first kappa shape index (κ1) is 23.4. The highest BCUT2D eigenvalue weighted by molar-refractivity contribution is 8.19. The maximum atomic E-state index is 12.8. The number of aromatic amines is 1. The lowest BCUT2D eigenvalue weighted by Crippen LogP contribution is -2.71. The van der Waals surface area contributed by atoms with Crippen molar-refractivity contribution in [1.82, 2.24) is 30.4 Å². The van der Waals surface area contributed by atoms with E-state index >= 15 is 0 Å². The quantitative estimate of drug-likeness (QED) is 0.0798. The summed E-state index contributed by atoms with van der Waals surface area (Å²) < 4.78 is -0.0970. The Hall–Kier alpha value is -2.76. The minimum Gasteiger partial charge on any atom is -0.477 e. The number of amides is 2. The molecular weight excluding hydrogens is 512 g/mol. The molecule has 33 heavy (non-hydrogen) atoms. The number of oxime groups is 1. The smallest absolute Gasteiger partial charge is 0.353 e. The molecular formula is C16H16N8O5S4. The fourth-order valence-electron chi connectivity index (χ4n) is 3.13. The molecule has 4 heterocycles. The maximum Gasteiger partial charge on any atom is 0.353 e. The number of β-lactam (4-membered cyclic amide) rings is 1. The molecule has 174 valence electrons. The zero-order valence-electron chi connectivity index (χ0n) is 16.7. The Morgan fingerprint density at radius 3 is 2.85 bits per heavy atom. The summed E-state index contributed by atoms with van der Waals surface area (Å²) in [6.07, 6.45) is 1.38. The number of anilines is 1. The van der Waals surface area contributed by atoms with Crippen molar-refractivity contribution in [3.8, 4) is 0 Å². The molecule has 0 bridgehead atoms. The molecule has 6 N–H and O–H groups in total. The predicted molar refractivity (Wildman–Crippen MR) is 124 cm³/mol. The predicted octanol–water partition coefficient (Wildman–Crippen LogP) is 0.589. The number of hydrogen-bond donors (Lipinski definition) is 5. The van der Waals surface area contributed by atoms with Crippen molar-refractivity contribution in [2.75, 3.05) is 11.5 Å². The van der Waals surface area contributed by atoms with Gasteiger partial charge in [-0.1, -0.05) is 16.9 Å². The summed E-state index contributed by atoms with van der Waals surface area (Å²) in [5.41, 5.74) is 5.13. The van der Waals surface area contributed by atoms with E-state index in [1.807, 2.05) is 6.92 Å². The van der Waals surface area contributed by atoms with E-state index < -0.39 is 34.9 Å². The van der Waals surface area contributed by atoms with Crippen molar-refractivity contribution in [2.24, 2.45) is 5.16 Å². The van der Waals surface area contributed by atoms with Crippen molar-refractivity contribution >= 4 is 75.2 Å². The molecule has 4 rings (SSSR count). The van der Waals surface area contributed by atoms with E-state index in [9.17, 15) is 24.7 Å². The second-order valence-electron chi connectivity index (χ2n) is 6.55. The Labute approximate surface area is 202 Å². The van der Waals surface area contributed by atoms with Gasteiger partial charge >= 0.3 is 5.97 Å². The molecule has 0 aliphatic carbocycles. The van der Waals surface area contributed by atoms with Gasteiger partial charge in [0.15, 0.2) is 16.0 Å². The van der Waals surface area contributed by atoms with Crippen LogP contribution in [0.1, 0.15) is 12.6 Å². The average molecular weight is 529 g/mol. The number of hydrogen-bond acceptors (Lipinski definition) is 13. The number of H-pyrrole nitrogens is 1. The van der Waals surface area contributed by atoms with Crippen LogP contribution in [0.25, 0.3) is 0 Å². The second-order valence-corrected chi connectivity index (χ2v) is 11.6. The van der Waals surface area contributed by atoms with Crippen LogP contribution in [-0.4, -0.2) is 80.6 Å². The summed E-state index contributed by atoms with van der Waals surface area (Å²) >= 11 is 5.10. The number of carboxylic acids is 1. The first-order valence-corrected chi connectivity index (χ1v) is 12.8. The molecule has 2 aliphatic rings. The number of carboxylic acid groups (broad SMARTS) is 1. The normalized spacial score (nSPS) is 21.4. The zero-order chi connectivity index (χ0) is 23.7. The van der Waals surface area contributed by atoms with Gasteiger partial charge in [-0.2, -0.15) is 5.10 Å². The topological polar surface area (TPSA) is 200 Å². The lowest BCUT2D eigenvalue weighted by molar-refractivity contribution is -0.150. The molecule has 2 aliphatic heterocycles. The molecule has 0 radical (unpaired) electrons. The highest BCUT2D eigenvalue weighted by Crippen LogP contribution is 2.46. The van der Waals surface area contributed by atoms with Crippen molar-refractivity contribution in [1.29, 1.82) is 0 Å². The van der Waals surface area contributed by atoms with E-state index in [2.05, 4.69) is 30.6 Å². The van der Waals surface area contributed by atoms with Crippen LogP contribution >= 0.6 is 46.6 Å². The van der Waals surface area contributed by atoms with Gasteiger partial charge in [-0.05, 0) is 6.92 Å². The van der Waals surface area contributed by atoms with E-state index in [0.29, 0.717) is 15.8 Å². The fourth-order valence-corrected chi connectivity index (χ4v) is 7.39. The number of thiazole rings is 1. The van der Waals surface area contributed by atoms with Gasteiger partial charge in [0.2, 0.25) is 0 Å². The maximum absolute atomic E-state index is 12.8. The Morgan fingerprint density at radius 2 is 2.24 bits per heavy atom. The number of nitrogens with zero attached hydrogens (tertiary/aromatic N) is 5. The molecule has 1 fully saturated rings. The first-order valence-electron chi connectivity index (χ1n) is 9.14. The molecule has 0 aromatic carbocycles.